The van der Waals surface area contributed by atoms with E-state index in [4.69, 9.17) is 10.7 Å². The highest BCUT2D eigenvalue weighted by molar-refractivity contribution is 5.73. The number of rotatable bonds is 7. The van der Waals surface area contributed by atoms with E-state index in [9.17, 15) is 13.6 Å². The van der Waals surface area contributed by atoms with E-state index in [-0.39, 0.29) is 34.9 Å². The number of carbonyl (C=O) groups is 1. The fourth-order valence-corrected chi connectivity index (χ4v) is 6.06. The smallest absolute Gasteiger partial charge is 0.219 e. The Morgan fingerprint density at radius 1 is 1.08 bits per heavy atom. The van der Waals surface area contributed by atoms with Crippen LogP contribution in [-0.4, -0.2) is 30.9 Å². The van der Waals surface area contributed by atoms with Gasteiger partial charge in [-0.15, -0.1) is 5.10 Å². The minimum atomic E-state index is -0.668. The molecule has 1 aliphatic rings. The highest BCUT2D eigenvalue weighted by Crippen LogP contribution is 2.61. The van der Waals surface area contributed by atoms with Crippen molar-refractivity contribution in [1.82, 2.24) is 25.0 Å². The van der Waals surface area contributed by atoms with Crippen molar-refractivity contribution in [3.05, 3.63) is 82.9 Å². The molecule has 0 aliphatic heterocycles. The van der Waals surface area contributed by atoms with Gasteiger partial charge in [-0.3, -0.25) is 14.5 Å². The van der Waals surface area contributed by atoms with Gasteiger partial charge < -0.3 is 5.73 Å². The number of aryl methyl sites for hydroxylation is 2. The quantitative estimate of drug-likeness (QED) is 0.330. The van der Waals surface area contributed by atoms with E-state index >= 15 is 0 Å². The second-order valence-electron chi connectivity index (χ2n) is 11.1. The largest absolute Gasteiger partial charge is 0.370 e. The van der Waals surface area contributed by atoms with Gasteiger partial charge in [0.05, 0.1) is 40.0 Å². The molecule has 2 atom stereocenters. The lowest BCUT2D eigenvalue weighted by molar-refractivity contribution is -0.118. The van der Waals surface area contributed by atoms with Crippen LogP contribution in [0.5, 0.6) is 0 Å². The van der Waals surface area contributed by atoms with Crippen molar-refractivity contribution in [3.8, 4) is 22.5 Å². The van der Waals surface area contributed by atoms with E-state index < -0.39 is 17.0 Å². The molecule has 0 spiro atoms. The maximum absolute atomic E-state index is 14.6. The van der Waals surface area contributed by atoms with Crippen molar-refractivity contribution < 1.29 is 13.6 Å². The third-order valence-corrected chi connectivity index (χ3v) is 8.46. The monoisotopic (exact) mass is 530 g/mol. The first-order valence-corrected chi connectivity index (χ1v) is 13.1. The second kappa shape index (κ2) is 9.63. The molecule has 9 heteroatoms. The van der Waals surface area contributed by atoms with Crippen LogP contribution in [0.3, 0.4) is 0 Å². The molecule has 0 radical (unpaired) electrons. The molecule has 0 bridgehead atoms. The molecule has 4 aromatic rings. The minimum absolute atomic E-state index is 0.0592. The first-order chi connectivity index (χ1) is 18.5. The van der Waals surface area contributed by atoms with Crippen LogP contribution in [-0.2, 0) is 16.8 Å². The predicted octanol–water partition coefficient (Wildman–Crippen LogP) is 5.70. The number of carbonyl (C=O) groups excluding carboxylic acids is 1. The zero-order valence-corrected chi connectivity index (χ0v) is 22.8. The van der Waals surface area contributed by atoms with E-state index in [1.807, 2.05) is 19.2 Å². The number of halogens is 2. The Kier molecular flexibility index (Phi) is 6.56. The van der Waals surface area contributed by atoms with E-state index in [0.29, 0.717) is 6.54 Å². The van der Waals surface area contributed by atoms with Crippen LogP contribution < -0.4 is 5.73 Å². The number of nitrogens with zero attached hydrogens (tertiary/aromatic N) is 5. The molecule has 1 amide bonds. The summed E-state index contributed by atoms with van der Waals surface area (Å²) in [5.41, 5.74) is 9.47. The summed E-state index contributed by atoms with van der Waals surface area (Å²) in [5.74, 6) is -1.66. The molecule has 5 rings (SSSR count). The number of pyridine rings is 1. The summed E-state index contributed by atoms with van der Waals surface area (Å²) >= 11 is 0. The Labute approximate surface area is 226 Å². The van der Waals surface area contributed by atoms with Gasteiger partial charge in [-0.25, -0.2) is 8.78 Å². The van der Waals surface area contributed by atoms with Gasteiger partial charge in [0, 0.05) is 24.7 Å². The minimum Gasteiger partial charge on any atom is -0.370 e. The third kappa shape index (κ3) is 4.30. The summed E-state index contributed by atoms with van der Waals surface area (Å²) < 4.78 is 30.9. The molecule has 3 heterocycles. The normalized spacial score (nSPS) is 19.7. The van der Waals surface area contributed by atoms with Gasteiger partial charge >= 0.3 is 0 Å². The van der Waals surface area contributed by atoms with Crippen molar-refractivity contribution in [2.24, 2.45) is 11.1 Å². The summed E-state index contributed by atoms with van der Waals surface area (Å²) in [6, 6.07) is 9.66. The number of fused-ring (bicyclic) bond motifs is 1. The standard InChI is InChI=1S/C30H32F2N6O/c1-6-20-19-14-24(27-21(31)8-7-9-22(27)32)36-37-28(19)30(5,29(20,3)4)25-13-17(2)12-23(35-25)18-15-34-38(16-18)11-10-26(33)39/h7-9,12-16,20H,6,10-11H2,1-5H3,(H2,33,39)/t20-,30-/m0/s1. The number of benzene rings is 1. The van der Waals surface area contributed by atoms with Crippen molar-refractivity contribution in [1.29, 1.82) is 0 Å². The molecule has 1 aliphatic carbocycles. The molecule has 0 unspecified atom stereocenters. The Balaban J connectivity index is 1.63. The Hall–Kier alpha value is -4.01. The van der Waals surface area contributed by atoms with Gasteiger partial charge in [-0.1, -0.05) is 26.8 Å². The Morgan fingerprint density at radius 3 is 2.46 bits per heavy atom. The topological polar surface area (TPSA) is 99.6 Å². The molecule has 2 N–H and O–H groups in total. The van der Waals surface area contributed by atoms with Gasteiger partial charge in [0.25, 0.3) is 0 Å². The summed E-state index contributed by atoms with van der Waals surface area (Å²) in [4.78, 5) is 16.3. The molecular weight excluding hydrogens is 498 g/mol. The molecule has 39 heavy (non-hydrogen) atoms. The zero-order valence-electron chi connectivity index (χ0n) is 22.8. The highest BCUT2D eigenvalue weighted by atomic mass is 19.1. The number of hydrogen-bond acceptors (Lipinski definition) is 5. The molecule has 7 nitrogen and oxygen atoms in total. The maximum atomic E-state index is 14.6. The summed E-state index contributed by atoms with van der Waals surface area (Å²) in [7, 11) is 0. The van der Waals surface area contributed by atoms with Gasteiger partial charge in [0.1, 0.15) is 11.6 Å². The lowest BCUT2D eigenvalue weighted by Gasteiger charge is -2.41. The van der Waals surface area contributed by atoms with Gasteiger partial charge in [0.2, 0.25) is 5.91 Å². The number of aromatic nitrogens is 5. The molecule has 0 fully saturated rings. The van der Waals surface area contributed by atoms with Gasteiger partial charge in [-0.05, 0) is 73.1 Å². The summed E-state index contributed by atoms with van der Waals surface area (Å²) in [5, 5.41) is 13.3. The van der Waals surface area contributed by atoms with Crippen LogP contribution in [0.1, 0.15) is 69.0 Å². The third-order valence-electron chi connectivity index (χ3n) is 8.46. The van der Waals surface area contributed by atoms with E-state index in [1.165, 1.54) is 18.2 Å². The maximum Gasteiger partial charge on any atom is 0.219 e. The van der Waals surface area contributed by atoms with Crippen molar-refractivity contribution in [2.75, 3.05) is 0 Å². The van der Waals surface area contributed by atoms with Crippen LogP contribution in [0.4, 0.5) is 8.78 Å². The lowest BCUT2D eigenvalue weighted by atomic mass is 9.62. The summed E-state index contributed by atoms with van der Waals surface area (Å²) in [6.45, 7) is 11.0. The van der Waals surface area contributed by atoms with Crippen molar-refractivity contribution in [2.45, 2.75) is 65.3 Å². The number of amides is 1. The summed E-state index contributed by atoms with van der Waals surface area (Å²) in [6.07, 6.45) is 4.60. The Bertz CT molecular complexity index is 1560. The first kappa shape index (κ1) is 26.6. The molecule has 0 saturated heterocycles. The fourth-order valence-electron chi connectivity index (χ4n) is 6.06. The fraction of sp³-hybridized carbons (Fsp3) is 0.367. The SMILES string of the molecule is CC[C@H]1c2cc(-c3c(F)cccc3F)nnc2[C@](C)(c2cc(C)cc(-c3cnn(CCC(N)=O)c3)n2)C1(C)C. The van der Waals surface area contributed by atoms with Crippen LogP contribution >= 0.6 is 0 Å². The lowest BCUT2D eigenvalue weighted by Crippen LogP contribution is -2.40. The van der Waals surface area contributed by atoms with Crippen LogP contribution in [0.2, 0.25) is 0 Å². The predicted molar refractivity (Wildman–Crippen MR) is 145 cm³/mol. The van der Waals surface area contributed by atoms with Crippen LogP contribution in [0, 0.1) is 24.0 Å². The molecule has 3 aromatic heterocycles. The van der Waals surface area contributed by atoms with E-state index in [0.717, 1.165) is 40.2 Å². The molecule has 0 saturated carbocycles. The van der Waals surface area contributed by atoms with Crippen LogP contribution in [0.15, 0.2) is 48.8 Å². The van der Waals surface area contributed by atoms with Crippen LogP contribution in [0.25, 0.3) is 22.5 Å². The highest BCUT2D eigenvalue weighted by Gasteiger charge is 2.57. The van der Waals surface area contributed by atoms with E-state index in [1.54, 1.807) is 16.9 Å². The van der Waals surface area contributed by atoms with Crippen molar-refractivity contribution >= 4 is 5.91 Å². The number of primary amides is 1. The molecular formula is C30H32F2N6O. The van der Waals surface area contributed by atoms with Crippen molar-refractivity contribution in [3.63, 3.8) is 0 Å². The van der Waals surface area contributed by atoms with E-state index in [2.05, 4.69) is 49.1 Å². The number of nitrogens with two attached hydrogens (primary N) is 1. The average Bonchev–Trinajstić information content (AvgIpc) is 3.42. The zero-order chi connectivity index (χ0) is 28.1. The average molecular weight is 531 g/mol. The molecule has 202 valence electrons. The number of hydrogen-bond donors (Lipinski definition) is 1. The first-order valence-electron chi connectivity index (χ1n) is 13.1. The Morgan fingerprint density at radius 2 is 1.79 bits per heavy atom. The second-order valence-corrected chi connectivity index (χ2v) is 11.1. The molecule has 1 aromatic carbocycles. The van der Waals surface area contributed by atoms with Gasteiger partial charge in [0.15, 0.2) is 0 Å². The van der Waals surface area contributed by atoms with Gasteiger partial charge in [-0.2, -0.15) is 10.2 Å².